The van der Waals surface area contributed by atoms with Crippen LogP contribution in [0.15, 0.2) is 0 Å². The van der Waals surface area contributed by atoms with Gasteiger partial charge in [0.25, 0.3) is 0 Å². The van der Waals surface area contributed by atoms with Gasteiger partial charge in [0, 0.05) is 25.2 Å². The Balaban J connectivity index is 3.96. The Morgan fingerprint density at radius 1 is 1.36 bits per heavy atom. The zero-order valence-corrected chi connectivity index (χ0v) is 9.05. The lowest BCUT2D eigenvalue weighted by atomic mass is 9.94. The van der Waals surface area contributed by atoms with Crippen LogP contribution in [0, 0.1) is 0 Å². The van der Waals surface area contributed by atoms with E-state index in [4.69, 9.17) is 10.2 Å². The van der Waals surface area contributed by atoms with Crippen LogP contribution >= 0.6 is 0 Å². The maximum absolute atomic E-state index is 11.3. The van der Waals surface area contributed by atoms with Gasteiger partial charge in [0.1, 0.15) is 0 Å². The number of rotatable bonds is 7. The highest BCUT2D eigenvalue weighted by Gasteiger charge is 2.22. The van der Waals surface area contributed by atoms with E-state index in [1.807, 2.05) is 13.8 Å². The van der Waals surface area contributed by atoms with Gasteiger partial charge in [-0.1, -0.05) is 6.92 Å². The van der Waals surface area contributed by atoms with Crippen molar-refractivity contribution < 1.29 is 15.0 Å². The molecule has 0 spiro atoms. The molecule has 0 aromatic carbocycles. The van der Waals surface area contributed by atoms with Gasteiger partial charge < -0.3 is 15.5 Å². The first-order valence-electron chi connectivity index (χ1n) is 5.10. The van der Waals surface area contributed by atoms with E-state index in [-0.39, 0.29) is 24.7 Å². The molecule has 1 unspecified atom stereocenters. The summed E-state index contributed by atoms with van der Waals surface area (Å²) >= 11 is 0. The average Bonchev–Trinajstić information content (AvgIpc) is 2.15. The van der Waals surface area contributed by atoms with Crippen LogP contribution in [0.2, 0.25) is 0 Å². The molecule has 0 bridgehead atoms. The van der Waals surface area contributed by atoms with E-state index in [1.165, 1.54) is 0 Å². The standard InChI is InChI=1S/C10H21NO3/c1-3-10(2,6-8-13)11-9(14)5-4-7-12/h12-13H,3-8H2,1-2H3,(H,11,14). The molecule has 0 aliphatic rings. The molecular weight excluding hydrogens is 182 g/mol. The highest BCUT2D eigenvalue weighted by molar-refractivity contribution is 5.76. The summed E-state index contributed by atoms with van der Waals surface area (Å²) in [5.41, 5.74) is -0.318. The van der Waals surface area contributed by atoms with Crippen LogP contribution in [0.1, 0.15) is 39.5 Å². The normalized spacial score (nSPS) is 14.9. The second-order valence-electron chi connectivity index (χ2n) is 3.76. The van der Waals surface area contributed by atoms with E-state index >= 15 is 0 Å². The number of nitrogens with one attached hydrogen (secondary N) is 1. The molecule has 4 heteroatoms. The van der Waals surface area contributed by atoms with E-state index in [0.717, 1.165) is 6.42 Å². The minimum Gasteiger partial charge on any atom is -0.396 e. The number of carbonyl (C=O) groups is 1. The molecule has 0 aliphatic carbocycles. The fourth-order valence-electron chi connectivity index (χ4n) is 1.21. The van der Waals surface area contributed by atoms with Gasteiger partial charge in [-0.05, 0) is 26.2 Å². The van der Waals surface area contributed by atoms with Crippen molar-refractivity contribution in [3.63, 3.8) is 0 Å². The summed E-state index contributed by atoms with van der Waals surface area (Å²) in [7, 11) is 0. The minimum atomic E-state index is -0.318. The van der Waals surface area contributed by atoms with Gasteiger partial charge in [0.15, 0.2) is 0 Å². The molecule has 0 heterocycles. The molecule has 84 valence electrons. The fourth-order valence-corrected chi connectivity index (χ4v) is 1.21. The first-order valence-corrected chi connectivity index (χ1v) is 5.10. The molecule has 0 rings (SSSR count). The van der Waals surface area contributed by atoms with Crippen molar-refractivity contribution >= 4 is 5.91 Å². The lowest BCUT2D eigenvalue weighted by molar-refractivity contribution is -0.123. The van der Waals surface area contributed by atoms with Gasteiger partial charge in [-0.2, -0.15) is 0 Å². The monoisotopic (exact) mass is 203 g/mol. The molecule has 0 saturated heterocycles. The summed E-state index contributed by atoms with van der Waals surface area (Å²) < 4.78 is 0. The zero-order valence-electron chi connectivity index (χ0n) is 9.05. The maximum atomic E-state index is 11.3. The minimum absolute atomic E-state index is 0.0380. The third kappa shape index (κ3) is 5.19. The number of amides is 1. The first kappa shape index (κ1) is 13.4. The molecule has 1 amide bonds. The molecule has 0 radical (unpaired) electrons. The lowest BCUT2D eigenvalue weighted by Gasteiger charge is -2.29. The molecule has 0 aromatic heterocycles. The Morgan fingerprint density at radius 3 is 2.43 bits per heavy atom. The van der Waals surface area contributed by atoms with E-state index in [2.05, 4.69) is 5.32 Å². The van der Waals surface area contributed by atoms with Crippen LogP contribution in [0.4, 0.5) is 0 Å². The molecule has 4 nitrogen and oxygen atoms in total. The summed E-state index contributed by atoms with van der Waals surface area (Å²) in [6.07, 6.45) is 2.19. The zero-order chi connectivity index (χ0) is 11.0. The van der Waals surface area contributed by atoms with Crippen LogP contribution in [0.5, 0.6) is 0 Å². The fraction of sp³-hybridized carbons (Fsp3) is 0.900. The Hall–Kier alpha value is -0.610. The summed E-state index contributed by atoms with van der Waals surface area (Å²) in [6, 6.07) is 0. The predicted molar refractivity (Wildman–Crippen MR) is 54.9 cm³/mol. The summed E-state index contributed by atoms with van der Waals surface area (Å²) in [4.78, 5) is 11.3. The highest BCUT2D eigenvalue weighted by atomic mass is 16.3. The largest absolute Gasteiger partial charge is 0.396 e. The molecule has 1 atom stereocenters. The third-order valence-electron chi connectivity index (χ3n) is 2.45. The molecule has 0 aliphatic heterocycles. The number of hydrogen-bond acceptors (Lipinski definition) is 3. The summed E-state index contributed by atoms with van der Waals surface area (Å²) in [6.45, 7) is 4.00. The number of carbonyl (C=O) groups excluding carboxylic acids is 1. The van der Waals surface area contributed by atoms with Gasteiger partial charge in [0.2, 0.25) is 5.91 Å². The maximum Gasteiger partial charge on any atom is 0.220 e. The number of aliphatic hydroxyl groups excluding tert-OH is 2. The number of hydrogen-bond donors (Lipinski definition) is 3. The third-order valence-corrected chi connectivity index (χ3v) is 2.45. The van der Waals surface area contributed by atoms with E-state index in [0.29, 0.717) is 19.3 Å². The van der Waals surface area contributed by atoms with Crippen LogP contribution in [-0.2, 0) is 4.79 Å². The van der Waals surface area contributed by atoms with Gasteiger partial charge in [-0.25, -0.2) is 0 Å². The van der Waals surface area contributed by atoms with Crippen molar-refractivity contribution in [3.05, 3.63) is 0 Å². The van der Waals surface area contributed by atoms with E-state index in [9.17, 15) is 4.79 Å². The summed E-state index contributed by atoms with van der Waals surface area (Å²) in [5.74, 6) is -0.0585. The van der Waals surface area contributed by atoms with Crippen LogP contribution in [0.25, 0.3) is 0 Å². The van der Waals surface area contributed by atoms with Gasteiger partial charge in [-0.3, -0.25) is 4.79 Å². The lowest BCUT2D eigenvalue weighted by Crippen LogP contribution is -2.46. The smallest absolute Gasteiger partial charge is 0.220 e. The van der Waals surface area contributed by atoms with E-state index < -0.39 is 0 Å². The topological polar surface area (TPSA) is 69.6 Å². The van der Waals surface area contributed by atoms with Gasteiger partial charge in [0.05, 0.1) is 0 Å². The van der Waals surface area contributed by atoms with Crippen LogP contribution in [0.3, 0.4) is 0 Å². The van der Waals surface area contributed by atoms with Gasteiger partial charge in [-0.15, -0.1) is 0 Å². The van der Waals surface area contributed by atoms with Crippen molar-refractivity contribution in [3.8, 4) is 0 Å². The molecule has 0 fully saturated rings. The second kappa shape index (κ2) is 6.79. The Morgan fingerprint density at radius 2 is 2.00 bits per heavy atom. The predicted octanol–water partition coefficient (Wildman–Crippen LogP) is 0.426. The molecule has 3 N–H and O–H groups in total. The van der Waals surface area contributed by atoms with Crippen LogP contribution in [-0.4, -0.2) is 34.9 Å². The summed E-state index contributed by atoms with van der Waals surface area (Å²) in [5, 5.41) is 20.3. The SMILES string of the molecule is CCC(C)(CCO)NC(=O)CCCO. The second-order valence-corrected chi connectivity index (χ2v) is 3.76. The van der Waals surface area contributed by atoms with Crippen molar-refractivity contribution in [1.29, 1.82) is 0 Å². The van der Waals surface area contributed by atoms with Crippen molar-refractivity contribution in [1.82, 2.24) is 5.32 Å². The van der Waals surface area contributed by atoms with Crippen molar-refractivity contribution in [2.75, 3.05) is 13.2 Å². The molecule has 14 heavy (non-hydrogen) atoms. The molecular formula is C10H21NO3. The van der Waals surface area contributed by atoms with Crippen molar-refractivity contribution in [2.45, 2.75) is 45.1 Å². The quantitative estimate of drug-likeness (QED) is 0.562. The highest BCUT2D eigenvalue weighted by Crippen LogP contribution is 2.13. The number of aliphatic hydroxyl groups is 2. The van der Waals surface area contributed by atoms with E-state index in [1.54, 1.807) is 0 Å². The molecule has 0 aromatic rings. The Labute approximate surface area is 85.3 Å². The Kier molecular flexibility index (Phi) is 6.49. The first-order chi connectivity index (χ1) is 6.58. The Bertz CT molecular complexity index is 173. The molecule has 0 saturated carbocycles. The van der Waals surface area contributed by atoms with Crippen molar-refractivity contribution in [2.24, 2.45) is 0 Å². The average molecular weight is 203 g/mol. The van der Waals surface area contributed by atoms with Crippen LogP contribution < -0.4 is 5.32 Å². The van der Waals surface area contributed by atoms with Gasteiger partial charge >= 0.3 is 0 Å².